The van der Waals surface area contributed by atoms with E-state index in [9.17, 15) is 4.79 Å². The van der Waals surface area contributed by atoms with Crippen LogP contribution in [0.3, 0.4) is 0 Å². The number of rotatable bonds is 8. The van der Waals surface area contributed by atoms with Crippen molar-refractivity contribution >= 4 is 5.91 Å². The molecule has 0 aliphatic heterocycles. The summed E-state index contributed by atoms with van der Waals surface area (Å²) in [4.78, 5) is 11.3. The van der Waals surface area contributed by atoms with Crippen molar-refractivity contribution in [3.05, 3.63) is 0 Å². The van der Waals surface area contributed by atoms with E-state index in [2.05, 4.69) is 12.2 Å². The molecule has 4 heteroatoms. The Bertz CT molecular complexity index is 171. The van der Waals surface area contributed by atoms with E-state index in [0.717, 1.165) is 12.8 Å². The number of ether oxygens (including phenoxy) is 1. The third-order valence-electron chi connectivity index (χ3n) is 2.25. The number of carbonyl (C=O) groups excluding carboxylic acids is 1. The van der Waals surface area contributed by atoms with Gasteiger partial charge in [0, 0.05) is 13.2 Å². The van der Waals surface area contributed by atoms with Gasteiger partial charge in [0.1, 0.15) is 6.61 Å². The van der Waals surface area contributed by atoms with Crippen LogP contribution >= 0.6 is 0 Å². The molecule has 0 bridgehead atoms. The van der Waals surface area contributed by atoms with E-state index in [-0.39, 0.29) is 25.2 Å². The van der Waals surface area contributed by atoms with Crippen LogP contribution in [0, 0.1) is 5.92 Å². The Morgan fingerprint density at radius 1 is 1.47 bits per heavy atom. The van der Waals surface area contributed by atoms with Crippen molar-refractivity contribution in [2.24, 2.45) is 5.92 Å². The summed E-state index contributed by atoms with van der Waals surface area (Å²) in [6.45, 7) is 6.76. The smallest absolute Gasteiger partial charge is 0.246 e. The summed E-state index contributed by atoms with van der Waals surface area (Å²) in [7, 11) is 0. The van der Waals surface area contributed by atoms with Crippen molar-refractivity contribution in [3.63, 3.8) is 0 Å². The SMILES string of the molecule is CCC(CCO)CNC(=O)COC(C)C. The van der Waals surface area contributed by atoms with E-state index in [1.165, 1.54) is 0 Å². The van der Waals surface area contributed by atoms with Gasteiger partial charge in [-0.2, -0.15) is 0 Å². The zero-order chi connectivity index (χ0) is 11.7. The number of aliphatic hydroxyl groups excluding tert-OH is 1. The van der Waals surface area contributed by atoms with E-state index in [0.29, 0.717) is 12.5 Å². The van der Waals surface area contributed by atoms with Crippen molar-refractivity contribution in [2.75, 3.05) is 19.8 Å². The average molecular weight is 217 g/mol. The second kappa shape index (κ2) is 8.68. The summed E-state index contributed by atoms with van der Waals surface area (Å²) < 4.78 is 5.17. The first-order chi connectivity index (χ1) is 7.10. The summed E-state index contributed by atoms with van der Waals surface area (Å²) in [5.41, 5.74) is 0. The second-order valence-electron chi connectivity index (χ2n) is 3.95. The minimum absolute atomic E-state index is 0.0789. The van der Waals surface area contributed by atoms with E-state index < -0.39 is 0 Å². The zero-order valence-corrected chi connectivity index (χ0v) is 9.95. The van der Waals surface area contributed by atoms with Gasteiger partial charge in [0.15, 0.2) is 0 Å². The Labute approximate surface area is 92.0 Å². The third-order valence-corrected chi connectivity index (χ3v) is 2.25. The van der Waals surface area contributed by atoms with Gasteiger partial charge in [-0.25, -0.2) is 0 Å². The van der Waals surface area contributed by atoms with Crippen LogP contribution in [0.1, 0.15) is 33.6 Å². The number of carbonyl (C=O) groups is 1. The molecule has 0 spiro atoms. The summed E-state index contributed by atoms with van der Waals surface area (Å²) in [6, 6.07) is 0. The summed E-state index contributed by atoms with van der Waals surface area (Å²) in [6.07, 6.45) is 1.78. The predicted molar refractivity (Wildman–Crippen MR) is 59.6 cm³/mol. The van der Waals surface area contributed by atoms with E-state index in [4.69, 9.17) is 9.84 Å². The van der Waals surface area contributed by atoms with Crippen molar-refractivity contribution in [3.8, 4) is 0 Å². The Hall–Kier alpha value is -0.610. The summed E-state index contributed by atoms with van der Waals surface area (Å²) in [5, 5.41) is 11.6. The molecule has 90 valence electrons. The van der Waals surface area contributed by atoms with Crippen molar-refractivity contribution in [1.82, 2.24) is 5.32 Å². The lowest BCUT2D eigenvalue weighted by atomic mass is 10.0. The van der Waals surface area contributed by atoms with Gasteiger partial charge in [0.25, 0.3) is 0 Å². The Kier molecular flexibility index (Phi) is 8.33. The Morgan fingerprint density at radius 3 is 2.60 bits per heavy atom. The molecule has 4 nitrogen and oxygen atoms in total. The van der Waals surface area contributed by atoms with Gasteiger partial charge in [-0.05, 0) is 26.2 Å². The highest BCUT2D eigenvalue weighted by molar-refractivity contribution is 5.77. The lowest BCUT2D eigenvalue weighted by Gasteiger charge is -2.14. The zero-order valence-electron chi connectivity index (χ0n) is 9.95. The first-order valence-electron chi connectivity index (χ1n) is 5.59. The highest BCUT2D eigenvalue weighted by Gasteiger charge is 2.08. The number of hydrogen-bond donors (Lipinski definition) is 2. The van der Waals surface area contributed by atoms with Crippen LogP contribution < -0.4 is 5.32 Å². The largest absolute Gasteiger partial charge is 0.396 e. The average Bonchev–Trinajstić information content (AvgIpc) is 2.21. The molecule has 1 atom stereocenters. The maximum absolute atomic E-state index is 11.3. The van der Waals surface area contributed by atoms with Crippen LogP contribution in [0.15, 0.2) is 0 Å². The van der Waals surface area contributed by atoms with Crippen LogP contribution in [0.5, 0.6) is 0 Å². The van der Waals surface area contributed by atoms with Crippen molar-refractivity contribution in [2.45, 2.75) is 39.7 Å². The van der Waals surface area contributed by atoms with Crippen molar-refractivity contribution < 1.29 is 14.6 Å². The van der Waals surface area contributed by atoms with Gasteiger partial charge in [0.05, 0.1) is 6.10 Å². The Morgan fingerprint density at radius 2 is 2.13 bits per heavy atom. The number of amides is 1. The fraction of sp³-hybridized carbons (Fsp3) is 0.909. The number of aliphatic hydroxyl groups is 1. The Balaban J connectivity index is 3.59. The standard InChI is InChI=1S/C11H23NO3/c1-4-10(5-6-13)7-12-11(14)8-15-9(2)3/h9-10,13H,4-8H2,1-3H3,(H,12,14). The van der Waals surface area contributed by atoms with E-state index >= 15 is 0 Å². The molecule has 0 radical (unpaired) electrons. The molecule has 0 saturated heterocycles. The molecule has 15 heavy (non-hydrogen) atoms. The highest BCUT2D eigenvalue weighted by Crippen LogP contribution is 2.05. The van der Waals surface area contributed by atoms with Crippen LogP contribution in [-0.4, -0.2) is 36.9 Å². The molecule has 1 amide bonds. The quantitative estimate of drug-likeness (QED) is 0.636. The fourth-order valence-electron chi connectivity index (χ4n) is 1.18. The highest BCUT2D eigenvalue weighted by atomic mass is 16.5. The minimum atomic E-state index is -0.0833. The van der Waals surface area contributed by atoms with Gasteiger partial charge in [-0.3, -0.25) is 4.79 Å². The first-order valence-corrected chi connectivity index (χ1v) is 5.59. The van der Waals surface area contributed by atoms with Gasteiger partial charge >= 0.3 is 0 Å². The lowest BCUT2D eigenvalue weighted by Crippen LogP contribution is -2.33. The topological polar surface area (TPSA) is 58.6 Å². The van der Waals surface area contributed by atoms with Gasteiger partial charge in [0.2, 0.25) is 5.91 Å². The number of nitrogens with one attached hydrogen (secondary N) is 1. The molecular weight excluding hydrogens is 194 g/mol. The monoisotopic (exact) mass is 217 g/mol. The first kappa shape index (κ1) is 14.4. The molecule has 0 saturated carbocycles. The molecular formula is C11H23NO3. The van der Waals surface area contributed by atoms with Gasteiger partial charge in [-0.15, -0.1) is 0 Å². The lowest BCUT2D eigenvalue weighted by molar-refractivity contribution is -0.127. The molecule has 2 N–H and O–H groups in total. The molecule has 0 heterocycles. The molecule has 0 rings (SSSR count). The van der Waals surface area contributed by atoms with E-state index in [1.807, 2.05) is 13.8 Å². The maximum Gasteiger partial charge on any atom is 0.246 e. The fourth-order valence-corrected chi connectivity index (χ4v) is 1.18. The predicted octanol–water partition coefficient (Wildman–Crippen LogP) is 0.936. The molecule has 0 fully saturated rings. The summed E-state index contributed by atoms with van der Waals surface area (Å²) in [5.74, 6) is 0.276. The van der Waals surface area contributed by atoms with Crippen molar-refractivity contribution in [1.29, 1.82) is 0 Å². The molecule has 0 aromatic heterocycles. The molecule has 0 aromatic carbocycles. The molecule has 0 aliphatic carbocycles. The number of hydrogen-bond acceptors (Lipinski definition) is 3. The van der Waals surface area contributed by atoms with Crippen LogP contribution in [0.4, 0.5) is 0 Å². The second-order valence-corrected chi connectivity index (χ2v) is 3.95. The summed E-state index contributed by atoms with van der Waals surface area (Å²) >= 11 is 0. The van der Waals surface area contributed by atoms with E-state index in [1.54, 1.807) is 0 Å². The molecule has 1 unspecified atom stereocenters. The maximum atomic E-state index is 11.3. The van der Waals surface area contributed by atoms with Crippen LogP contribution in [0.2, 0.25) is 0 Å². The van der Waals surface area contributed by atoms with Gasteiger partial charge < -0.3 is 15.2 Å². The van der Waals surface area contributed by atoms with Gasteiger partial charge in [-0.1, -0.05) is 13.3 Å². The molecule has 0 aromatic rings. The normalized spacial score (nSPS) is 12.9. The molecule has 0 aliphatic rings. The van der Waals surface area contributed by atoms with Crippen LogP contribution in [0.25, 0.3) is 0 Å². The van der Waals surface area contributed by atoms with Crippen LogP contribution in [-0.2, 0) is 9.53 Å². The minimum Gasteiger partial charge on any atom is -0.396 e. The third kappa shape index (κ3) is 8.39.